The number of aromatic nitrogens is 1. The van der Waals surface area contributed by atoms with Crippen molar-refractivity contribution in [3.63, 3.8) is 0 Å². The molecule has 6 amide bonds. The van der Waals surface area contributed by atoms with Crippen LogP contribution in [-0.4, -0.2) is 135 Å². The molecule has 2 aromatic rings. The molecule has 0 aliphatic carbocycles. The van der Waals surface area contributed by atoms with Crippen LogP contribution < -0.4 is 49.5 Å². The SMILES string of the molecule is CC(C)C[C@H](NC(=O)[C@H]1NC(=O)[C@H](Cc2c[nH]c3ccccc23)NC(=O)[C@@H]2CCCN2C(=O)[C@H](CCCCN)NC(=O)[C@H](CCCN=C(N)N)NC(=O)[C@@H](N)CSSC1(C)C)C(=O)O. The van der Waals surface area contributed by atoms with Crippen LogP contribution in [0.15, 0.2) is 35.5 Å². The number of nitrogens with zero attached hydrogens (tertiary/aromatic N) is 2. The summed E-state index contributed by atoms with van der Waals surface area (Å²) < 4.78 is -1.18. The van der Waals surface area contributed by atoms with Gasteiger partial charge in [-0.05, 0) is 89.3 Å². The zero-order valence-corrected chi connectivity index (χ0v) is 38.7. The quantitative estimate of drug-likeness (QED) is 0.0483. The summed E-state index contributed by atoms with van der Waals surface area (Å²) in [6.07, 6.45) is 4.17. The van der Waals surface area contributed by atoms with Gasteiger partial charge in [0.25, 0.3) is 0 Å². The van der Waals surface area contributed by atoms with Crippen molar-refractivity contribution in [2.75, 3.05) is 25.4 Å². The number of unbranched alkanes of at least 4 members (excludes halogenated alkanes) is 1. The third-order valence-electron chi connectivity index (χ3n) is 11.1. The number of hydrogen-bond donors (Lipinski definition) is 11. The number of amides is 6. The van der Waals surface area contributed by atoms with Gasteiger partial charge in [-0.15, -0.1) is 0 Å². The van der Waals surface area contributed by atoms with Crippen LogP contribution in [0.3, 0.4) is 0 Å². The number of guanidine groups is 1. The maximum atomic E-state index is 14.7. The Bertz CT molecular complexity index is 1990. The number of aliphatic carboxylic acids is 1. The first-order chi connectivity index (χ1) is 30.3. The summed E-state index contributed by atoms with van der Waals surface area (Å²) >= 11 is 0. The molecule has 0 radical (unpaired) electrons. The van der Waals surface area contributed by atoms with Gasteiger partial charge in [0.05, 0.1) is 6.04 Å². The fourth-order valence-electron chi connectivity index (χ4n) is 7.70. The molecule has 4 rings (SSSR count). The second kappa shape index (κ2) is 24.3. The van der Waals surface area contributed by atoms with Gasteiger partial charge in [-0.3, -0.25) is 33.8 Å². The van der Waals surface area contributed by atoms with Crippen molar-refractivity contribution in [1.29, 1.82) is 0 Å². The highest BCUT2D eigenvalue weighted by atomic mass is 33.1. The normalized spacial score (nSPS) is 24.5. The number of nitrogens with one attached hydrogen (secondary N) is 6. The number of aromatic amines is 1. The molecule has 0 unspecified atom stereocenters. The highest BCUT2D eigenvalue weighted by molar-refractivity contribution is 8.77. The van der Waals surface area contributed by atoms with Crippen molar-refractivity contribution in [1.82, 2.24) is 36.5 Å². The van der Waals surface area contributed by atoms with Gasteiger partial charge < -0.3 is 64.5 Å². The Balaban J connectivity index is 1.78. The van der Waals surface area contributed by atoms with E-state index in [1.54, 1.807) is 20.0 Å². The molecular formula is C42H66N12O8S2. The van der Waals surface area contributed by atoms with Crippen LogP contribution in [0.2, 0.25) is 0 Å². The molecule has 20 nitrogen and oxygen atoms in total. The van der Waals surface area contributed by atoms with Crippen LogP contribution in [0, 0.1) is 5.92 Å². The van der Waals surface area contributed by atoms with Crippen molar-refractivity contribution in [2.24, 2.45) is 33.8 Å². The van der Waals surface area contributed by atoms with E-state index in [-0.39, 0.29) is 62.8 Å². The van der Waals surface area contributed by atoms with Crippen LogP contribution in [-0.2, 0) is 40.0 Å². The summed E-state index contributed by atoms with van der Waals surface area (Å²) in [6, 6.07) is -0.887. The molecule has 2 saturated heterocycles. The number of carbonyl (C=O) groups is 7. The summed E-state index contributed by atoms with van der Waals surface area (Å²) in [5, 5.41) is 24.8. The second-order valence-electron chi connectivity index (χ2n) is 17.2. The molecule has 354 valence electrons. The van der Waals surface area contributed by atoms with Gasteiger partial charge in [-0.25, -0.2) is 4.79 Å². The number of carbonyl (C=O) groups excluding carboxylic acids is 6. The first-order valence-corrected chi connectivity index (χ1v) is 24.1. The number of carboxylic acids is 1. The fraction of sp³-hybridized carbons (Fsp3) is 0.619. The van der Waals surface area contributed by atoms with E-state index < -0.39 is 88.5 Å². The molecule has 0 saturated carbocycles. The fourth-order valence-corrected chi connectivity index (χ4v) is 10.5. The van der Waals surface area contributed by atoms with E-state index in [2.05, 4.69) is 36.6 Å². The molecule has 2 aliphatic heterocycles. The van der Waals surface area contributed by atoms with Gasteiger partial charge in [-0.2, -0.15) is 0 Å². The molecule has 15 N–H and O–H groups in total. The molecule has 2 fully saturated rings. The van der Waals surface area contributed by atoms with E-state index in [1.165, 1.54) is 4.90 Å². The Morgan fingerprint density at radius 3 is 2.30 bits per heavy atom. The highest BCUT2D eigenvalue weighted by Gasteiger charge is 2.43. The predicted molar refractivity (Wildman–Crippen MR) is 248 cm³/mol. The summed E-state index contributed by atoms with van der Waals surface area (Å²) in [7, 11) is 2.28. The van der Waals surface area contributed by atoms with E-state index in [9.17, 15) is 38.7 Å². The van der Waals surface area contributed by atoms with E-state index in [0.29, 0.717) is 37.8 Å². The van der Waals surface area contributed by atoms with Crippen LogP contribution in [0.1, 0.15) is 84.6 Å². The zero-order chi connectivity index (χ0) is 47.1. The molecular weight excluding hydrogens is 865 g/mol. The van der Waals surface area contributed by atoms with Gasteiger partial charge in [-0.1, -0.05) is 53.6 Å². The summed E-state index contributed by atoms with van der Waals surface area (Å²) in [6.45, 7) is 7.71. The number of hydrogen-bond acceptors (Lipinski definition) is 12. The van der Waals surface area contributed by atoms with Crippen molar-refractivity contribution < 1.29 is 38.7 Å². The lowest BCUT2D eigenvalue weighted by Gasteiger charge is -2.35. The average Bonchev–Trinajstić information content (AvgIpc) is 3.90. The van der Waals surface area contributed by atoms with Crippen LogP contribution in [0.25, 0.3) is 10.9 Å². The Morgan fingerprint density at radius 2 is 1.61 bits per heavy atom. The second-order valence-corrected chi connectivity index (χ2v) is 20.2. The first kappa shape index (κ1) is 51.6. The Labute approximate surface area is 381 Å². The number of para-hydroxylation sites is 1. The number of benzene rings is 1. The molecule has 0 bridgehead atoms. The minimum Gasteiger partial charge on any atom is -0.480 e. The molecule has 2 aliphatic rings. The number of carboxylic acid groups (broad SMARTS) is 1. The lowest BCUT2D eigenvalue weighted by Crippen LogP contribution is -2.63. The zero-order valence-electron chi connectivity index (χ0n) is 37.0. The van der Waals surface area contributed by atoms with Crippen LogP contribution in [0.4, 0.5) is 0 Å². The van der Waals surface area contributed by atoms with E-state index >= 15 is 0 Å². The minimum absolute atomic E-state index is 0.00848. The molecule has 64 heavy (non-hydrogen) atoms. The van der Waals surface area contributed by atoms with Gasteiger partial charge in [0, 0.05) is 47.1 Å². The largest absolute Gasteiger partial charge is 0.480 e. The van der Waals surface area contributed by atoms with Crippen molar-refractivity contribution >= 4 is 79.9 Å². The smallest absolute Gasteiger partial charge is 0.326 e. The first-order valence-electron chi connectivity index (χ1n) is 21.7. The van der Waals surface area contributed by atoms with Crippen LogP contribution in [0.5, 0.6) is 0 Å². The van der Waals surface area contributed by atoms with Crippen molar-refractivity contribution in [3.8, 4) is 0 Å². The monoisotopic (exact) mass is 930 g/mol. The topological polar surface area (TPSA) is 335 Å². The number of rotatable bonds is 15. The molecule has 0 spiro atoms. The molecule has 1 aromatic carbocycles. The van der Waals surface area contributed by atoms with E-state index in [0.717, 1.165) is 32.5 Å². The standard InChI is InChI=1S/C42H66N12O8S2/c1-23(2)19-31(40(61)62)52-38(59)33-42(3,4)64-63-22-26(44)34(55)49-28(14-9-17-47-41(45)46)35(56)50-29(13-7-8-16-43)39(60)54-18-10-15-32(54)37(58)51-30(36(57)53-33)20-24-21-48-27-12-6-5-11-25(24)27/h5-6,11-12,21,23,26,28-33,48H,7-10,13-20,22,43-44H2,1-4H3,(H,49,55)(H,50,56)(H,51,58)(H,52,59)(H,53,57)(H,61,62)(H4,45,46,47)/t26-,28-,29-,30-,31-,32-,33+/m0/s1. The van der Waals surface area contributed by atoms with Gasteiger partial charge in [0.15, 0.2) is 5.96 Å². The number of aliphatic imine (C=N–C) groups is 1. The molecule has 7 atom stereocenters. The summed E-state index contributed by atoms with van der Waals surface area (Å²) in [5.74, 6) is -5.43. The van der Waals surface area contributed by atoms with Crippen molar-refractivity contribution in [2.45, 2.75) is 133 Å². The summed E-state index contributed by atoms with van der Waals surface area (Å²) in [5.41, 5.74) is 24.7. The maximum Gasteiger partial charge on any atom is 0.326 e. The lowest BCUT2D eigenvalue weighted by molar-refractivity contribution is -0.143. The van der Waals surface area contributed by atoms with E-state index in [1.807, 2.05) is 38.1 Å². The molecule has 1 aromatic heterocycles. The van der Waals surface area contributed by atoms with Gasteiger partial charge >= 0.3 is 5.97 Å². The third kappa shape index (κ3) is 14.7. The Kier molecular flexibility index (Phi) is 19.6. The minimum atomic E-state index is -1.37. The van der Waals surface area contributed by atoms with Crippen LogP contribution >= 0.6 is 21.6 Å². The number of H-pyrrole nitrogens is 1. The number of nitrogens with two attached hydrogens (primary N) is 4. The maximum absolute atomic E-state index is 14.7. The number of fused-ring (bicyclic) bond motifs is 2. The summed E-state index contributed by atoms with van der Waals surface area (Å²) in [4.78, 5) is 106. The van der Waals surface area contributed by atoms with Crippen molar-refractivity contribution in [3.05, 3.63) is 36.0 Å². The third-order valence-corrected chi connectivity index (χ3v) is 14.5. The lowest BCUT2D eigenvalue weighted by atomic mass is 9.98. The van der Waals surface area contributed by atoms with Gasteiger partial charge in [0.1, 0.15) is 36.3 Å². The molecule has 3 heterocycles. The Hall–Kier alpha value is -5.06. The van der Waals surface area contributed by atoms with Gasteiger partial charge in [0.2, 0.25) is 35.4 Å². The molecule has 22 heteroatoms. The average molecular weight is 931 g/mol. The Morgan fingerprint density at radius 1 is 0.938 bits per heavy atom. The highest BCUT2D eigenvalue weighted by Crippen LogP contribution is 2.39. The predicted octanol–water partition coefficient (Wildman–Crippen LogP) is -0.0604. The van der Waals surface area contributed by atoms with E-state index in [4.69, 9.17) is 22.9 Å².